The van der Waals surface area contributed by atoms with E-state index in [2.05, 4.69) is 46.4 Å². The van der Waals surface area contributed by atoms with E-state index < -0.39 is 0 Å². The molecule has 2 aromatic carbocycles. The molecule has 0 amide bonds. The zero-order valence-corrected chi connectivity index (χ0v) is 12.3. The second-order valence-electron chi connectivity index (χ2n) is 4.35. The van der Waals surface area contributed by atoms with E-state index in [1.165, 1.54) is 5.56 Å². The van der Waals surface area contributed by atoms with Crippen molar-refractivity contribution in [1.82, 2.24) is 0 Å². The van der Waals surface area contributed by atoms with Gasteiger partial charge in [-0.1, -0.05) is 35.0 Å². The van der Waals surface area contributed by atoms with Crippen molar-refractivity contribution in [3.05, 3.63) is 64.1 Å². The molecule has 0 spiro atoms. The van der Waals surface area contributed by atoms with Gasteiger partial charge in [0.1, 0.15) is 0 Å². The topological polar surface area (TPSA) is 35.8 Å². The van der Waals surface area contributed by atoms with Gasteiger partial charge in [0.25, 0.3) is 0 Å². The highest BCUT2D eigenvalue weighted by atomic mass is 79.9. The molecule has 0 heterocycles. The summed E-state index contributed by atoms with van der Waals surface area (Å²) in [5.74, 6) is 0. The van der Waals surface area contributed by atoms with Crippen LogP contribution in [0.4, 0.5) is 5.69 Å². The fourth-order valence-electron chi connectivity index (χ4n) is 1.99. The Bertz CT molecular complexity index is 584. The molecule has 0 aromatic heterocycles. The monoisotopic (exact) mass is 314 g/mol. The van der Waals surface area contributed by atoms with Gasteiger partial charge in [0, 0.05) is 10.2 Å². The van der Waals surface area contributed by atoms with Gasteiger partial charge in [-0.2, -0.15) is 5.26 Å². The standard InChI is InChI=1S/C16H15BrN2/c1-2-16(13-4-3-5-14(17)10-13)19-15-8-6-12(11-18)7-9-15/h3-10,16,19H,2H2,1H3. The van der Waals surface area contributed by atoms with Crippen LogP contribution in [0.15, 0.2) is 53.0 Å². The lowest BCUT2D eigenvalue weighted by atomic mass is 10.0. The highest BCUT2D eigenvalue weighted by Gasteiger charge is 2.09. The Balaban J connectivity index is 2.17. The molecule has 0 fully saturated rings. The number of nitriles is 1. The molecule has 0 saturated carbocycles. The van der Waals surface area contributed by atoms with Crippen molar-refractivity contribution in [3.63, 3.8) is 0 Å². The Hall–Kier alpha value is -1.79. The van der Waals surface area contributed by atoms with Crippen LogP contribution < -0.4 is 5.32 Å². The number of nitrogens with one attached hydrogen (secondary N) is 1. The Morgan fingerprint density at radius 3 is 2.53 bits per heavy atom. The number of hydrogen-bond acceptors (Lipinski definition) is 2. The van der Waals surface area contributed by atoms with Gasteiger partial charge in [-0.05, 0) is 48.4 Å². The molecule has 2 rings (SSSR count). The third-order valence-electron chi connectivity index (χ3n) is 3.01. The van der Waals surface area contributed by atoms with Crippen LogP contribution in [-0.4, -0.2) is 0 Å². The fourth-order valence-corrected chi connectivity index (χ4v) is 2.40. The zero-order chi connectivity index (χ0) is 13.7. The van der Waals surface area contributed by atoms with Crippen LogP contribution in [0.1, 0.15) is 30.5 Å². The molecule has 1 unspecified atom stereocenters. The van der Waals surface area contributed by atoms with E-state index in [1.54, 1.807) is 0 Å². The van der Waals surface area contributed by atoms with Crippen molar-refractivity contribution in [2.75, 3.05) is 5.32 Å². The van der Waals surface area contributed by atoms with E-state index in [9.17, 15) is 0 Å². The molecule has 2 aromatic rings. The van der Waals surface area contributed by atoms with Crippen LogP contribution >= 0.6 is 15.9 Å². The summed E-state index contributed by atoms with van der Waals surface area (Å²) in [5.41, 5.74) is 2.97. The van der Waals surface area contributed by atoms with E-state index >= 15 is 0 Å². The first kappa shape index (κ1) is 13.6. The number of hydrogen-bond donors (Lipinski definition) is 1. The van der Waals surface area contributed by atoms with Gasteiger partial charge in [0.05, 0.1) is 17.7 Å². The van der Waals surface area contributed by atoms with E-state index in [-0.39, 0.29) is 6.04 Å². The van der Waals surface area contributed by atoms with Crippen LogP contribution in [0.5, 0.6) is 0 Å². The van der Waals surface area contributed by atoms with Crippen LogP contribution in [0.2, 0.25) is 0 Å². The van der Waals surface area contributed by atoms with Crippen molar-refractivity contribution in [1.29, 1.82) is 5.26 Å². The molecule has 2 nitrogen and oxygen atoms in total. The third-order valence-corrected chi connectivity index (χ3v) is 3.51. The summed E-state index contributed by atoms with van der Waals surface area (Å²) < 4.78 is 1.09. The average Bonchev–Trinajstić information content (AvgIpc) is 2.45. The maximum absolute atomic E-state index is 8.79. The van der Waals surface area contributed by atoms with Gasteiger partial charge >= 0.3 is 0 Å². The van der Waals surface area contributed by atoms with E-state index in [1.807, 2.05) is 36.4 Å². The number of anilines is 1. The molecule has 3 heteroatoms. The summed E-state index contributed by atoms with van der Waals surface area (Å²) >= 11 is 3.50. The molecule has 0 aliphatic heterocycles. The molecular weight excluding hydrogens is 300 g/mol. The minimum absolute atomic E-state index is 0.269. The maximum Gasteiger partial charge on any atom is 0.0991 e. The zero-order valence-electron chi connectivity index (χ0n) is 10.7. The molecule has 1 atom stereocenters. The van der Waals surface area contributed by atoms with Gasteiger partial charge in [0.15, 0.2) is 0 Å². The van der Waals surface area contributed by atoms with E-state index in [0.717, 1.165) is 16.6 Å². The minimum Gasteiger partial charge on any atom is -0.378 e. The van der Waals surface area contributed by atoms with Gasteiger partial charge in [-0.15, -0.1) is 0 Å². The van der Waals surface area contributed by atoms with Crippen molar-refractivity contribution >= 4 is 21.6 Å². The van der Waals surface area contributed by atoms with Crippen LogP contribution in [0.3, 0.4) is 0 Å². The smallest absolute Gasteiger partial charge is 0.0991 e. The summed E-state index contributed by atoms with van der Waals surface area (Å²) in [4.78, 5) is 0. The molecule has 0 aliphatic rings. The molecule has 0 radical (unpaired) electrons. The molecule has 19 heavy (non-hydrogen) atoms. The second kappa shape index (κ2) is 6.40. The van der Waals surface area contributed by atoms with Crippen LogP contribution in [0, 0.1) is 11.3 Å². The second-order valence-corrected chi connectivity index (χ2v) is 5.27. The van der Waals surface area contributed by atoms with Crippen LogP contribution in [-0.2, 0) is 0 Å². The number of nitrogens with zero attached hydrogens (tertiary/aromatic N) is 1. The van der Waals surface area contributed by atoms with Gasteiger partial charge in [-0.3, -0.25) is 0 Å². The summed E-state index contributed by atoms with van der Waals surface area (Å²) in [6, 6.07) is 18.3. The predicted molar refractivity (Wildman–Crippen MR) is 82.0 cm³/mol. The van der Waals surface area contributed by atoms with Gasteiger partial charge < -0.3 is 5.32 Å². The van der Waals surface area contributed by atoms with Crippen molar-refractivity contribution in [2.45, 2.75) is 19.4 Å². The van der Waals surface area contributed by atoms with Crippen molar-refractivity contribution in [2.24, 2.45) is 0 Å². The Labute approximate surface area is 122 Å². The Kier molecular flexibility index (Phi) is 4.59. The lowest BCUT2D eigenvalue weighted by molar-refractivity contribution is 0.749. The highest BCUT2D eigenvalue weighted by Crippen LogP contribution is 2.25. The molecule has 1 N–H and O–H groups in total. The van der Waals surface area contributed by atoms with Gasteiger partial charge in [-0.25, -0.2) is 0 Å². The molecule has 0 aliphatic carbocycles. The lowest BCUT2D eigenvalue weighted by Gasteiger charge is -2.19. The van der Waals surface area contributed by atoms with Crippen LogP contribution in [0.25, 0.3) is 0 Å². The van der Waals surface area contributed by atoms with E-state index in [4.69, 9.17) is 5.26 Å². The first-order valence-electron chi connectivity index (χ1n) is 6.25. The molecule has 0 saturated heterocycles. The maximum atomic E-state index is 8.79. The van der Waals surface area contributed by atoms with Gasteiger partial charge in [0.2, 0.25) is 0 Å². The largest absolute Gasteiger partial charge is 0.378 e. The summed E-state index contributed by atoms with van der Waals surface area (Å²) in [6.45, 7) is 2.15. The quantitative estimate of drug-likeness (QED) is 0.872. The third kappa shape index (κ3) is 3.59. The molecule has 0 bridgehead atoms. The first-order chi connectivity index (χ1) is 9.22. The number of halogens is 1. The highest BCUT2D eigenvalue weighted by molar-refractivity contribution is 9.10. The number of rotatable bonds is 4. The van der Waals surface area contributed by atoms with Crippen molar-refractivity contribution < 1.29 is 0 Å². The SMILES string of the molecule is CCC(Nc1ccc(C#N)cc1)c1cccc(Br)c1. The van der Waals surface area contributed by atoms with Crippen molar-refractivity contribution in [3.8, 4) is 6.07 Å². The summed E-state index contributed by atoms with van der Waals surface area (Å²) in [5, 5.41) is 12.3. The minimum atomic E-state index is 0.269. The summed E-state index contributed by atoms with van der Waals surface area (Å²) in [6.07, 6.45) is 0.996. The first-order valence-corrected chi connectivity index (χ1v) is 7.04. The predicted octanol–water partition coefficient (Wildman–Crippen LogP) is 4.88. The average molecular weight is 315 g/mol. The number of benzene rings is 2. The normalized spacial score (nSPS) is 11.6. The Morgan fingerprint density at radius 2 is 1.95 bits per heavy atom. The Morgan fingerprint density at radius 1 is 1.21 bits per heavy atom. The van der Waals surface area contributed by atoms with E-state index in [0.29, 0.717) is 5.56 Å². The molecule has 96 valence electrons. The lowest BCUT2D eigenvalue weighted by Crippen LogP contribution is -2.09. The fraction of sp³-hybridized carbons (Fsp3) is 0.188. The molecular formula is C16H15BrN2. The summed E-state index contributed by atoms with van der Waals surface area (Å²) in [7, 11) is 0.